The zero-order valence-corrected chi connectivity index (χ0v) is 35.5. The van der Waals surface area contributed by atoms with Gasteiger partial charge in [0.2, 0.25) is 0 Å². The van der Waals surface area contributed by atoms with E-state index in [0.29, 0.717) is 0 Å². The monoisotopic (exact) mass is 803 g/mol. The van der Waals surface area contributed by atoms with Crippen LogP contribution in [-0.2, 0) is 10.8 Å². The highest BCUT2D eigenvalue weighted by molar-refractivity contribution is 6.08. The standard InChI is InChI=1S/C62H45N/c1-61(2)56-32-19-33-58(59(56)54-41-53(44-22-9-4-10-23-44)49-28-15-16-30-52(49)60(54)61)63(47-36-34-43(35-37-47)42-20-7-3-8-21-42)48-38-39-51-50-29-17-18-31-55(50)62(57(51)40-48,45-24-11-5-12-25-45)46-26-13-6-14-27-46/h3-41H,1-2H3. The number of rotatable bonds is 7. The number of nitrogens with zero attached hydrogens (tertiary/aromatic N) is 1. The van der Waals surface area contributed by atoms with Crippen LogP contribution >= 0.6 is 0 Å². The van der Waals surface area contributed by atoms with Crippen molar-refractivity contribution >= 4 is 27.8 Å². The lowest BCUT2D eigenvalue weighted by Crippen LogP contribution is -2.28. The highest BCUT2D eigenvalue weighted by atomic mass is 15.1. The first-order valence-electron chi connectivity index (χ1n) is 22.1. The van der Waals surface area contributed by atoms with E-state index in [-0.39, 0.29) is 5.41 Å². The predicted molar refractivity (Wildman–Crippen MR) is 264 cm³/mol. The Bertz CT molecular complexity index is 3290. The summed E-state index contributed by atoms with van der Waals surface area (Å²) in [6.45, 7) is 4.82. The Morgan fingerprint density at radius 2 is 0.857 bits per heavy atom. The Labute approximate surface area is 370 Å². The molecule has 1 heteroatoms. The van der Waals surface area contributed by atoms with Gasteiger partial charge in [0.15, 0.2) is 0 Å². The Kier molecular flexibility index (Phi) is 8.49. The van der Waals surface area contributed by atoms with Gasteiger partial charge in [0.1, 0.15) is 0 Å². The molecule has 0 heterocycles. The van der Waals surface area contributed by atoms with Gasteiger partial charge in [-0.3, -0.25) is 0 Å². The third kappa shape index (κ3) is 5.56. The highest BCUT2D eigenvalue weighted by Gasteiger charge is 2.47. The van der Waals surface area contributed by atoms with E-state index in [0.717, 1.165) is 11.4 Å². The molecule has 63 heavy (non-hydrogen) atoms. The molecular formula is C62H45N. The van der Waals surface area contributed by atoms with E-state index >= 15 is 0 Å². The second-order valence-electron chi connectivity index (χ2n) is 17.6. The van der Waals surface area contributed by atoms with Crippen molar-refractivity contribution in [2.75, 3.05) is 4.90 Å². The predicted octanol–water partition coefficient (Wildman–Crippen LogP) is 16.3. The lowest BCUT2D eigenvalue weighted by atomic mass is 9.67. The van der Waals surface area contributed by atoms with Crippen molar-refractivity contribution in [1.29, 1.82) is 0 Å². The van der Waals surface area contributed by atoms with Crippen LogP contribution in [0.15, 0.2) is 237 Å². The Hall–Kier alpha value is -7.74. The topological polar surface area (TPSA) is 3.24 Å². The van der Waals surface area contributed by atoms with Gasteiger partial charge in [-0.15, -0.1) is 0 Å². The fraction of sp³-hybridized carbons (Fsp3) is 0.0645. The summed E-state index contributed by atoms with van der Waals surface area (Å²) in [5.74, 6) is 0. The number of benzene rings is 10. The van der Waals surface area contributed by atoms with Crippen molar-refractivity contribution in [2.24, 2.45) is 0 Å². The van der Waals surface area contributed by atoms with E-state index in [4.69, 9.17) is 0 Å². The van der Waals surface area contributed by atoms with E-state index in [9.17, 15) is 0 Å². The summed E-state index contributed by atoms with van der Waals surface area (Å²) < 4.78 is 0. The molecule has 0 spiro atoms. The van der Waals surface area contributed by atoms with Crippen LogP contribution in [-0.4, -0.2) is 0 Å². The van der Waals surface area contributed by atoms with Gasteiger partial charge in [-0.1, -0.05) is 214 Å². The van der Waals surface area contributed by atoms with Crippen molar-refractivity contribution in [2.45, 2.75) is 24.7 Å². The fourth-order valence-electron chi connectivity index (χ4n) is 11.2. The molecule has 0 saturated heterocycles. The second-order valence-corrected chi connectivity index (χ2v) is 17.6. The molecule has 0 amide bonds. The highest BCUT2D eigenvalue weighted by Crippen LogP contribution is 2.60. The molecule has 10 aromatic rings. The normalized spacial score (nSPS) is 13.8. The average molecular weight is 804 g/mol. The maximum Gasteiger partial charge on any atom is 0.0714 e. The van der Waals surface area contributed by atoms with Crippen molar-refractivity contribution < 1.29 is 0 Å². The minimum atomic E-state index is -0.524. The van der Waals surface area contributed by atoms with Gasteiger partial charge >= 0.3 is 0 Å². The summed E-state index contributed by atoms with van der Waals surface area (Å²) in [6.07, 6.45) is 0. The molecule has 298 valence electrons. The average Bonchev–Trinajstić information content (AvgIpc) is 3.78. The molecule has 0 fully saturated rings. The van der Waals surface area contributed by atoms with Crippen LogP contribution in [0.1, 0.15) is 47.2 Å². The van der Waals surface area contributed by atoms with Gasteiger partial charge in [-0.05, 0) is 119 Å². The fourth-order valence-corrected chi connectivity index (χ4v) is 11.2. The molecule has 0 unspecified atom stereocenters. The molecule has 12 rings (SSSR count). The van der Waals surface area contributed by atoms with Crippen molar-refractivity contribution in [1.82, 2.24) is 0 Å². The maximum absolute atomic E-state index is 2.53. The van der Waals surface area contributed by atoms with E-state index in [1.165, 1.54) is 94.3 Å². The van der Waals surface area contributed by atoms with Gasteiger partial charge < -0.3 is 4.90 Å². The van der Waals surface area contributed by atoms with Gasteiger partial charge in [0.25, 0.3) is 0 Å². The Morgan fingerprint density at radius 1 is 0.333 bits per heavy atom. The molecule has 1 nitrogen and oxygen atoms in total. The lowest BCUT2D eigenvalue weighted by molar-refractivity contribution is 0.666. The third-order valence-electron chi connectivity index (χ3n) is 13.9. The molecule has 0 bridgehead atoms. The maximum atomic E-state index is 2.53. The molecule has 0 atom stereocenters. The zero-order valence-electron chi connectivity index (χ0n) is 35.5. The minimum absolute atomic E-state index is 0.242. The molecule has 2 aliphatic rings. The molecule has 2 aliphatic carbocycles. The summed E-state index contributed by atoms with van der Waals surface area (Å²) in [6, 6.07) is 87.7. The first kappa shape index (κ1) is 37.1. The van der Waals surface area contributed by atoms with Crippen LogP contribution < -0.4 is 4.90 Å². The summed E-state index contributed by atoms with van der Waals surface area (Å²) >= 11 is 0. The number of hydrogen-bond acceptors (Lipinski definition) is 1. The second kappa shape index (κ2) is 14.4. The van der Waals surface area contributed by atoms with Crippen LogP contribution in [0, 0.1) is 0 Å². The van der Waals surface area contributed by atoms with Crippen molar-refractivity contribution in [3.8, 4) is 44.5 Å². The Balaban J connectivity index is 1.15. The molecule has 0 saturated carbocycles. The van der Waals surface area contributed by atoms with Crippen LogP contribution in [0.25, 0.3) is 55.3 Å². The first-order valence-corrected chi connectivity index (χ1v) is 22.1. The quantitative estimate of drug-likeness (QED) is 0.155. The smallest absolute Gasteiger partial charge is 0.0714 e. The van der Waals surface area contributed by atoms with E-state index in [2.05, 4.69) is 255 Å². The molecule has 10 aromatic carbocycles. The molecule has 0 aliphatic heterocycles. The molecule has 0 aromatic heterocycles. The summed E-state index contributed by atoms with van der Waals surface area (Å²) in [4.78, 5) is 2.53. The molecular weight excluding hydrogens is 759 g/mol. The first-order chi connectivity index (χ1) is 31.0. The number of hydrogen-bond donors (Lipinski definition) is 0. The van der Waals surface area contributed by atoms with Crippen LogP contribution in [0.3, 0.4) is 0 Å². The van der Waals surface area contributed by atoms with Crippen molar-refractivity contribution in [3.05, 3.63) is 270 Å². The van der Waals surface area contributed by atoms with E-state index in [1.807, 2.05) is 0 Å². The number of anilines is 3. The van der Waals surface area contributed by atoms with Gasteiger partial charge in [-0.25, -0.2) is 0 Å². The van der Waals surface area contributed by atoms with Gasteiger partial charge in [-0.2, -0.15) is 0 Å². The molecule has 0 radical (unpaired) electrons. The van der Waals surface area contributed by atoms with Crippen molar-refractivity contribution in [3.63, 3.8) is 0 Å². The van der Waals surface area contributed by atoms with E-state index < -0.39 is 5.41 Å². The summed E-state index contributed by atoms with van der Waals surface area (Å²) in [5.41, 5.74) is 20.5. The van der Waals surface area contributed by atoms with E-state index in [1.54, 1.807) is 0 Å². The lowest BCUT2D eigenvalue weighted by Gasteiger charge is -2.35. The molecule has 0 N–H and O–H groups in total. The van der Waals surface area contributed by atoms with Crippen LogP contribution in [0.5, 0.6) is 0 Å². The summed E-state index contributed by atoms with van der Waals surface area (Å²) in [5, 5.41) is 2.60. The number of fused-ring (bicyclic) bond motifs is 8. The van der Waals surface area contributed by atoms with Gasteiger partial charge in [0, 0.05) is 22.4 Å². The Morgan fingerprint density at radius 3 is 1.54 bits per heavy atom. The third-order valence-corrected chi connectivity index (χ3v) is 13.9. The van der Waals surface area contributed by atoms with Gasteiger partial charge in [0.05, 0.1) is 11.1 Å². The zero-order chi connectivity index (χ0) is 42.1. The van der Waals surface area contributed by atoms with Crippen LogP contribution in [0.2, 0.25) is 0 Å². The largest absolute Gasteiger partial charge is 0.310 e. The summed E-state index contributed by atoms with van der Waals surface area (Å²) in [7, 11) is 0. The minimum Gasteiger partial charge on any atom is -0.310 e. The SMILES string of the molecule is CC1(C)c2cccc(N(c3ccc(-c4ccccc4)cc3)c3ccc4c(c3)C(c3ccccc3)(c3ccccc3)c3ccccc3-4)c2-c2cc(-c3ccccc3)c3ccccc3c21. The van der Waals surface area contributed by atoms with Crippen LogP contribution in [0.4, 0.5) is 17.1 Å².